The van der Waals surface area contributed by atoms with Crippen LogP contribution in [0.3, 0.4) is 0 Å². The molecule has 0 saturated heterocycles. The van der Waals surface area contributed by atoms with Crippen LogP contribution < -0.4 is 0 Å². The average Bonchev–Trinajstić information content (AvgIpc) is 2.87. The van der Waals surface area contributed by atoms with E-state index in [2.05, 4.69) is 20.2 Å². The van der Waals surface area contributed by atoms with Gasteiger partial charge in [-0.3, -0.25) is 20.2 Å². The number of nitro groups is 2. The van der Waals surface area contributed by atoms with Crippen molar-refractivity contribution in [2.24, 2.45) is 5.11 Å². The second-order valence-electron chi connectivity index (χ2n) is 3.33. The number of hydrogen-bond donors (Lipinski definition) is 0. The first-order valence-corrected chi connectivity index (χ1v) is 4.84. The fourth-order valence-corrected chi connectivity index (χ4v) is 1.34. The summed E-state index contributed by atoms with van der Waals surface area (Å²) in [6.07, 6.45) is 0. The van der Waals surface area contributed by atoms with E-state index in [4.69, 9.17) is 9.95 Å². The lowest BCUT2D eigenvalue weighted by molar-refractivity contribution is -0.394. The first kappa shape index (κ1) is 12.9. The van der Waals surface area contributed by atoms with Gasteiger partial charge in [0.15, 0.2) is 0 Å². The molecule has 0 aliphatic rings. The lowest BCUT2D eigenvalue weighted by Crippen LogP contribution is -1.94. The number of non-ortho nitro benzene ring substituents is 2. The minimum atomic E-state index is -0.790. The summed E-state index contributed by atoms with van der Waals surface area (Å²) in [5.74, 6) is -0.237. The summed E-state index contributed by atoms with van der Waals surface area (Å²) in [5.41, 5.74) is 7.15. The van der Waals surface area contributed by atoms with Crippen molar-refractivity contribution < 1.29 is 14.3 Å². The third-order valence-electron chi connectivity index (χ3n) is 2.12. The third kappa shape index (κ3) is 2.49. The summed E-state index contributed by atoms with van der Waals surface area (Å²) < 4.78 is 4.89. The van der Waals surface area contributed by atoms with Gasteiger partial charge in [-0.15, -0.1) is 10.2 Å². The van der Waals surface area contributed by atoms with Gasteiger partial charge in [0.25, 0.3) is 11.4 Å². The van der Waals surface area contributed by atoms with Crippen LogP contribution in [0.4, 0.5) is 17.4 Å². The van der Waals surface area contributed by atoms with Crippen LogP contribution in [0, 0.1) is 20.2 Å². The van der Waals surface area contributed by atoms with Gasteiger partial charge in [0.2, 0.25) is 5.89 Å². The van der Waals surface area contributed by atoms with E-state index in [0.29, 0.717) is 0 Å². The number of rotatable bonds is 4. The highest BCUT2D eigenvalue weighted by molar-refractivity contribution is 5.63. The molecule has 0 atom stereocenters. The van der Waals surface area contributed by atoms with Crippen molar-refractivity contribution in [2.75, 3.05) is 0 Å². The first-order valence-electron chi connectivity index (χ1n) is 4.84. The Hall–Kier alpha value is -3.53. The SMILES string of the molecule is [N-]=[N+]=Nc1nnc(-c2cc([N+](=O)[O-])cc([N+](=O)[O-])c2)o1. The quantitative estimate of drug-likeness (QED) is 0.271. The molecule has 1 heterocycles. The number of hydrogen-bond acceptors (Lipinski definition) is 8. The van der Waals surface area contributed by atoms with Gasteiger partial charge in [0, 0.05) is 22.2 Å². The van der Waals surface area contributed by atoms with Crippen molar-refractivity contribution in [3.8, 4) is 11.5 Å². The maximum absolute atomic E-state index is 10.7. The number of azide groups is 1. The number of nitro benzene ring substituents is 2. The van der Waals surface area contributed by atoms with Crippen molar-refractivity contribution in [2.45, 2.75) is 0 Å². The van der Waals surface area contributed by atoms with E-state index in [9.17, 15) is 20.2 Å². The monoisotopic (exact) mass is 277 g/mol. The van der Waals surface area contributed by atoms with Gasteiger partial charge >= 0.3 is 6.01 Å². The van der Waals surface area contributed by atoms with E-state index < -0.39 is 27.2 Å². The fraction of sp³-hybridized carbons (Fsp3) is 0. The molecule has 0 aliphatic heterocycles. The zero-order valence-electron chi connectivity index (χ0n) is 9.40. The van der Waals surface area contributed by atoms with Crippen molar-refractivity contribution in [1.29, 1.82) is 0 Å². The Morgan fingerprint density at radius 3 is 2.25 bits per heavy atom. The third-order valence-corrected chi connectivity index (χ3v) is 2.12. The molecule has 20 heavy (non-hydrogen) atoms. The fourth-order valence-electron chi connectivity index (χ4n) is 1.34. The molecule has 2 rings (SSSR count). The van der Waals surface area contributed by atoms with E-state index in [-0.39, 0.29) is 11.5 Å². The van der Waals surface area contributed by atoms with E-state index in [1.807, 2.05) is 0 Å². The zero-order valence-corrected chi connectivity index (χ0v) is 9.40. The normalized spacial score (nSPS) is 9.80. The standard InChI is InChI=1S/C8H3N7O5/c9-13-12-8-11-10-7(20-8)4-1-5(14(16)17)3-6(2-4)15(18)19/h1-3H. The highest BCUT2D eigenvalue weighted by Gasteiger charge is 2.19. The van der Waals surface area contributed by atoms with E-state index >= 15 is 0 Å². The van der Waals surface area contributed by atoms with Crippen LogP contribution in [-0.2, 0) is 0 Å². The Morgan fingerprint density at radius 1 is 1.15 bits per heavy atom. The maximum atomic E-state index is 10.7. The molecule has 0 amide bonds. The second kappa shape index (κ2) is 4.99. The Bertz CT molecular complexity index is 715. The molecule has 0 aliphatic carbocycles. The molecule has 1 aromatic heterocycles. The van der Waals surface area contributed by atoms with Crippen LogP contribution in [-0.4, -0.2) is 20.0 Å². The van der Waals surface area contributed by atoms with Crippen LogP contribution in [0.25, 0.3) is 21.9 Å². The highest BCUT2D eigenvalue weighted by Crippen LogP contribution is 2.29. The van der Waals surface area contributed by atoms with Crippen molar-refractivity contribution >= 4 is 17.4 Å². The minimum absolute atomic E-state index is 0.0298. The molecule has 12 heteroatoms. The van der Waals surface area contributed by atoms with Gasteiger partial charge in [-0.25, -0.2) is 0 Å². The molecule has 0 N–H and O–H groups in total. The summed E-state index contributed by atoms with van der Waals surface area (Å²) in [7, 11) is 0. The molecule has 0 fully saturated rings. The van der Waals surface area contributed by atoms with E-state index in [0.717, 1.165) is 18.2 Å². The van der Waals surface area contributed by atoms with Crippen LogP contribution in [0.5, 0.6) is 0 Å². The number of nitrogens with zero attached hydrogens (tertiary/aromatic N) is 7. The van der Waals surface area contributed by atoms with Gasteiger partial charge in [-0.2, -0.15) is 0 Å². The van der Waals surface area contributed by atoms with Crippen LogP contribution in [0.2, 0.25) is 0 Å². The summed E-state index contributed by atoms with van der Waals surface area (Å²) in [6.45, 7) is 0. The van der Waals surface area contributed by atoms with E-state index in [1.54, 1.807) is 0 Å². The molecule has 2 aromatic rings. The van der Waals surface area contributed by atoms with Gasteiger partial charge < -0.3 is 4.42 Å². The van der Waals surface area contributed by atoms with Crippen molar-refractivity contribution in [1.82, 2.24) is 10.2 Å². The average molecular weight is 277 g/mol. The molecule has 12 nitrogen and oxygen atoms in total. The topological polar surface area (TPSA) is 174 Å². The molecule has 100 valence electrons. The highest BCUT2D eigenvalue weighted by atomic mass is 16.6. The molecule has 0 radical (unpaired) electrons. The van der Waals surface area contributed by atoms with Gasteiger partial charge in [0.1, 0.15) is 0 Å². The maximum Gasteiger partial charge on any atom is 0.304 e. The Balaban J connectivity index is 2.56. The second-order valence-corrected chi connectivity index (χ2v) is 3.33. The molecule has 0 spiro atoms. The van der Waals surface area contributed by atoms with Gasteiger partial charge in [0.05, 0.1) is 21.5 Å². The van der Waals surface area contributed by atoms with E-state index in [1.165, 1.54) is 0 Å². The number of aromatic nitrogens is 2. The Kier molecular flexibility index (Phi) is 3.22. The molecule has 1 aromatic carbocycles. The van der Waals surface area contributed by atoms with Crippen molar-refractivity contribution in [3.63, 3.8) is 0 Å². The molecule has 0 unspecified atom stereocenters. The van der Waals surface area contributed by atoms with Crippen LogP contribution >= 0.6 is 0 Å². The number of benzene rings is 1. The predicted octanol–water partition coefficient (Wildman–Crippen LogP) is 2.49. The predicted molar refractivity (Wildman–Crippen MR) is 61.8 cm³/mol. The van der Waals surface area contributed by atoms with Crippen molar-refractivity contribution in [3.05, 3.63) is 48.9 Å². The minimum Gasteiger partial charge on any atom is -0.415 e. The summed E-state index contributed by atoms with van der Waals surface area (Å²) >= 11 is 0. The molecule has 0 saturated carbocycles. The largest absolute Gasteiger partial charge is 0.415 e. The van der Waals surface area contributed by atoms with Crippen LogP contribution in [0.15, 0.2) is 27.7 Å². The Morgan fingerprint density at radius 2 is 1.75 bits per heavy atom. The Labute approximate surface area is 108 Å². The summed E-state index contributed by atoms with van der Waals surface area (Å²) in [4.78, 5) is 22.3. The summed E-state index contributed by atoms with van der Waals surface area (Å²) in [5, 5.41) is 31.3. The first-order chi connectivity index (χ1) is 9.51. The molecular formula is C8H3N7O5. The van der Waals surface area contributed by atoms with Gasteiger partial charge in [-0.1, -0.05) is 0 Å². The smallest absolute Gasteiger partial charge is 0.304 e. The lowest BCUT2D eigenvalue weighted by Gasteiger charge is -1.97. The summed E-state index contributed by atoms with van der Waals surface area (Å²) in [6, 6.07) is 2.45. The molecule has 0 bridgehead atoms. The lowest BCUT2D eigenvalue weighted by atomic mass is 10.2. The zero-order chi connectivity index (χ0) is 14.7. The van der Waals surface area contributed by atoms with Gasteiger partial charge in [-0.05, 0) is 5.53 Å². The molecular weight excluding hydrogens is 274 g/mol. The van der Waals surface area contributed by atoms with Crippen LogP contribution in [0.1, 0.15) is 0 Å².